The van der Waals surface area contributed by atoms with E-state index >= 15 is 0 Å². The Morgan fingerprint density at radius 2 is 1.18 bits per heavy atom. The highest BCUT2D eigenvalue weighted by molar-refractivity contribution is 6.77. The van der Waals surface area contributed by atoms with Crippen LogP contribution in [0.3, 0.4) is 0 Å². The minimum absolute atomic E-state index is 0.0769. The Hall–Kier alpha value is -2.15. The third kappa shape index (κ3) is 18.6. The van der Waals surface area contributed by atoms with E-state index in [0.717, 1.165) is 18.7 Å². The van der Waals surface area contributed by atoms with Crippen LogP contribution in [0, 0.1) is 5.92 Å². The Balaban J connectivity index is 2.17. The molecule has 44 heavy (non-hydrogen) atoms. The normalized spacial score (nSPS) is 12.5. The molecule has 0 aliphatic carbocycles. The summed E-state index contributed by atoms with van der Waals surface area (Å²) in [5.41, 5.74) is 0.364. The Morgan fingerprint density at radius 1 is 0.705 bits per heavy atom. The van der Waals surface area contributed by atoms with Crippen LogP contribution in [0.25, 0.3) is 0 Å². The molecule has 1 aromatic rings. The summed E-state index contributed by atoms with van der Waals surface area (Å²) in [6.07, 6.45) is 20.3. The van der Waals surface area contributed by atoms with Crippen molar-refractivity contribution in [1.29, 1.82) is 0 Å². The zero-order chi connectivity index (χ0) is 32.8. The van der Waals surface area contributed by atoms with Crippen molar-refractivity contribution in [2.45, 2.75) is 162 Å². The predicted molar refractivity (Wildman–Crippen MR) is 187 cm³/mol. The third-order valence-electron chi connectivity index (χ3n) is 8.16. The summed E-state index contributed by atoms with van der Waals surface area (Å²) in [5, 5.41) is 3.40. The fraction of sp³-hybridized carbons (Fsp3) is 0.757. The zero-order valence-corrected chi connectivity index (χ0v) is 30.4. The molecule has 0 heterocycles. The summed E-state index contributed by atoms with van der Waals surface area (Å²) >= 11 is 0. The van der Waals surface area contributed by atoms with Gasteiger partial charge in [-0.2, -0.15) is 0 Å². The summed E-state index contributed by atoms with van der Waals surface area (Å²) in [6.45, 7) is 15.1. The molecule has 0 aliphatic rings. The quantitative estimate of drug-likeness (QED) is 0.0380. The number of Topliss-reactive ketones (excluding diaryl/α,β-unsaturated/α-hetero) is 1. The number of nitrogens with one attached hydrogen (secondary N) is 1. The second kappa shape index (κ2) is 22.4. The van der Waals surface area contributed by atoms with Gasteiger partial charge in [0.05, 0.1) is 6.61 Å². The molecule has 0 aliphatic heterocycles. The van der Waals surface area contributed by atoms with Crippen LogP contribution in [0.4, 0.5) is 5.69 Å². The summed E-state index contributed by atoms with van der Waals surface area (Å²) in [5.74, 6) is -4.00. The number of hydrogen-bond donors (Lipinski definition) is 1. The highest BCUT2D eigenvalue weighted by atomic mass is 28.3. The van der Waals surface area contributed by atoms with Crippen LogP contribution in [0.15, 0.2) is 24.3 Å². The number of carbonyl (C=O) groups excluding carboxylic acids is 3. The maximum absolute atomic E-state index is 13.0. The Bertz CT molecular complexity index is 938. The van der Waals surface area contributed by atoms with Gasteiger partial charge in [0.25, 0.3) is 0 Å². The van der Waals surface area contributed by atoms with Gasteiger partial charge in [0.15, 0.2) is 5.78 Å². The number of benzene rings is 1. The van der Waals surface area contributed by atoms with E-state index < -0.39 is 37.3 Å². The molecule has 6 nitrogen and oxygen atoms in total. The lowest BCUT2D eigenvalue weighted by molar-refractivity contribution is -0.166. The first-order valence-corrected chi connectivity index (χ1v) is 21.1. The maximum Gasteiger partial charge on any atom is 0.328 e. The molecule has 0 saturated carbocycles. The average molecular weight is 632 g/mol. The number of ketones is 1. The number of anilines is 1. The highest BCUT2D eigenvalue weighted by Crippen LogP contribution is 2.23. The fourth-order valence-electron chi connectivity index (χ4n) is 5.52. The van der Waals surface area contributed by atoms with E-state index in [1.165, 1.54) is 102 Å². The smallest absolute Gasteiger partial charge is 0.328 e. The van der Waals surface area contributed by atoms with Gasteiger partial charge in [-0.1, -0.05) is 122 Å². The average Bonchev–Trinajstić information content (AvgIpc) is 2.94. The first-order valence-electron chi connectivity index (χ1n) is 17.7. The van der Waals surface area contributed by atoms with Gasteiger partial charge in [-0.25, -0.2) is 0 Å². The minimum Gasteiger partial charge on any atom is -0.465 e. The van der Waals surface area contributed by atoms with Crippen molar-refractivity contribution in [3.05, 3.63) is 29.8 Å². The number of carbonyl (C=O) groups is 3. The summed E-state index contributed by atoms with van der Waals surface area (Å²) < 4.78 is 10.3. The van der Waals surface area contributed by atoms with Crippen LogP contribution >= 0.6 is 0 Å². The molecule has 0 bridgehead atoms. The van der Waals surface area contributed by atoms with Crippen LogP contribution < -0.4 is 5.32 Å². The fourth-order valence-corrected chi connectivity index (χ4v) is 8.19. The number of rotatable bonds is 25. The molecule has 252 valence electrons. The van der Waals surface area contributed by atoms with E-state index in [1.54, 1.807) is 39.8 Å². The zero-order valence-electron chi connectivity index (χ0n) is 29.4. The van der Waals surface area contributed by atoms with Crippen LogP contribution in [-0.4, -0.2) is 44.5 Å². The van der Waals surface area contributed by atoms with Gasteiger partial charge in [-0.05, 0) is 58.4 Å². The molecule has 1 unspecified atom stereocenters. The van der Waals surface area contributed by atoms with Gasteiger partial charge < -0.3 is 14.8 Å². The monoisotopic (exact) mass is 631 g/mol. The molecule has 1 N–H and O–H groups in total. The molecule has 0 fully saturated rings. The van der Waals surface area contributed by atoms with E-state index in [9.17, 15) is 14.4 Å². The van der Waals surface area contributed by atoms with E-state index in [-0.39, 0.29) is 12.2 Å². The molecule has 1 rings (SSSR count). The molecule has 0 amide bonds. The third-order valence-corrected chi connectivity index (χ3v) is 11.6. The maximum atomic E-state index is 13.0. The number of hydrogen-bond acceptors (Lipinski definition) is 6. The minimum atomic E-state index is -1.62. The molecule has 0 spiro atoms. The molecular formula is C37H65NO5Si. The number of unbranched alkanes of at least 4 members (excludes halogenated alkanes) is 13. The van der Waals surface area contributed by atoms with E-state index in [1.807, 2.05) is 12.1 Å². The second-order valence-electron chi connectivity index (χ2n) is 14.2. The van der Waals surface area contributed by atoms with E-state index in [0.29, 0.717) is 0 Å². The van der Waals surface area contributed by atoms with E-state index in [2.05, 4.69) is 25.3 Å². The first-order chi connectivity index (χ1) is 20.9. The van der Waals surface area contributed by atoms with Crippen molar-refractivity contribution in [2.75, 3.05) is 18.5 Å². The Kier molecular flexibility index (Phi) is 20.3. The van der Waals surface area contributed by atoms with Crippen molar-refractivity contribution in [2.24, 2.45) is 5.92 Å². The van der Waals surface area contributed by atoms with Crippen LogP contribution in [0.5, 0.6) is 0 Å². The van der Waals surface area contributed by atoms with Gasteiger partial charge in [-0.3, -0.25) is 14.4 Å². The van der Waals surface area contributed by atoms with Gasteiger partial charge in [0.2, 0.25) is 5.92 Å². The van der Waals surface area contributed by atoms with Crippen LogP contribution in [0.1, 0.15) is 141 Å². The lowest BCUT2D eigenvalue weighted by atomic mass is 9.97. The second-order valence-corrected chi connectivity index (χ2v) is 19.5. The largest absolute Gasteiger partial charge is 0.465 e. The van der Waals surface area contributed by atoms with Gasteiger partial charge in [0.1, 0.15) is 5.60 Å². The van der Waals surface area contributed by atoms with Crippen LogP contribution in [0.2, 0.25) is 25.2 Å². The van der Waals surface area contributed by atoms with Crippen molar-refractivity contribution in [3.63, 3.8) is 0 Å². The summed E-state index contributed by atoms with van der Waals surface area (Å²) in [7, 11) is -0.926. The lowest BCUT2D eigenvalue weighted by Gasteiger charge is -2.22. The molecule has 0 aromatic heterocycles. The highest BCUT2D eigenvalue weighted by Gasteiger charge is 2.39. The standard InChI is InChI=1S/C37H65NO5Si/c1-8-10-22-29-44(6,7)30-23-20-18-16-14-12-11-13-15-17-19-21-28-38-32-26-24-31(25-27-32)34(39)33(35(40)42-9-2)36(41)43-37(3,4)5/h24-27,33,38H,8-23,28-30H2,1-7H3. The molecule has 0 saturated heterocycles. The molecule has 7 heteroatoms. The van der Waals surface area contributed by atoms with Gasteiger partial charge in [-0.15, -0.1) is 0 Å². The van der Waals surface area contributed by atoms with Crippen molar-refractivity contribution < 1.29 is 23.9 Å². The predicted octanol–water partition coefficient (Wildman–Crippen LogP) is 10.4. The lowest BCUT2D eigenvalue weighted by Crippen LogP contribution is -2.38. The SMILES string of the molecule is CCCCC[Si](C)(C)CCCCCCCCCCCCCCNc1ccc(C(=O)C(C(=O)OCC)C(=O)OC(C)(C)C)cc1. The summed E-state index contributed by atoms with van der Waals surface area (Å²) in [4.78, 5) is 38.1. The van der Waals surface area contributed by atoms with Crippen LogP contribution in [-0.2, 0) is 19.1 Å². The first kappa shape index (κ1) is 39.9. The molecular weight excluding hydrogens is 566 g/mol. The number of ether oxygens (including phenoxy) is 2. The molecule has 0 radical (unpaired) electrons. The summed E-state index contributed by atoms with van der Waals surface area (Å²) in [6, 6.07) is 9.94. The molecule has 1 aromatic carbocycles. The topological polar surface area (TPSA) is 81.7 Å². The van der Waals surface area contributed by atoms with Gasteiger partial charge >= 0.3 is 11.9 Å². The Labute approximate surface area is 270 Å². The number of esters is 2. The molecule has 1 atom stereocenters. The van der Waals surface area contributed by atoms with E-state index in [4.69, 9.17) is 9.47 Å². The van der Waals surface area contributed by atoms with Crippen molar-refractivity contribution in [1.82, 2.24) is 0 Å². The Morgan fingerprint density at radius 3 is 1.66 bits per heavy atom. The van der Waals surface area contributed by atoms with Crippen molar-refractivity contribution in [3.8, 4) is 0 Å². The van der Waals surface area contributed by atoms with Gasteiger partial charge in [0, 0.05) is 25.9 Å². The van der Waals surface area contributed by atoms with Crippen molar-refractivity contribution >= 4 is 31.5 Å².